The fourth-order valence-electron chi connectivity index (χ4n) is 1.24. The minimum absolute atomic E-state index is 0.201. The van der Waals surface area contributed by atoms with Gasteiger partial charge in [0.15, 0.2) is 0 Å². The second-order valence-corrected chi connectivity index (χ2v) is 6.11. The maximum absolute atomic E-state index is 11.8. The lowest BCUT2D eigenvalue weighted by atomic mass is 10.2. The lowest BCUT2D eigenvalue weighted by Gasteiger charge is -2.05. The van der Waals surface area contributed by atoms with Crippen LogP contribution < -0.4 is 5.73 Å². The van der Waals surface area contributed by atoms with Gasteiger partial charge in [-0.1, -0.05) is 15.9 Å². The zero-order chi connectivity index (χ0) is 11.3. The van der Waals surface area contributed by atoms with E-state index in [1.807, 2.05) is 31.2 Å². The summed E-state index contributed by atoms with van der Waals surface area (Å²) in [5.74, 6) is 0.698. The van der Waals surface area contributed by atoms with Gasteiger partial charge in [-0.15, -0.1) is 0 Å². The first-order chi connectivity index (χ1) is 7.09. The van der Waals surface area contributed by atoms with Gasteiger partial charge in [-0.25, -0.2) is 0 Å². The quantitative estimate of drug-likeness (QED) is 0.906. The molecule has 84 valence electrons. The van der Waals surface area contributed by atoms with E-state index < -0.39 is 10.8 Å². The van der Waals surface area contributed by atoms with E-state index in [1.54, 1.807) is 0 Å². The summed E-state index contributed by atoms with van der Waals surface area (Å²) in [4.78, 5) is 0.892. The molecule has 15 heavy (non-hydrogen) atoms. The maximum Gasteiger partial charge on any atom is 0.0529 e. The van der Waals surface area contributed by atoms with Crippen molar-refractivity contribution in [2.75, 3.05) is 5.75 Å². The third-order valence-electron chi connectivity index (χ3n) is 2.07. The molecule has 0 amide bonds. The van der Waals surface area contributed by atoms with Gasteiger partial charge in [-0.3, -0.25) is 4.21 Å². The Kier molecular flexibility index (Phi) is 5.50. The van der Waals surface area contributed by atoms with Gasteiger partial charge < -0.3 is 5.73 Å². The van der Waals surface area contributed by atoms with Crippen LogP contribution in [-0.2, 0) is 10.8 Å². The summed E-state index contributed by atoms with van der Waals surface area (Å²) in [6.07, 6.45) is 1.85. The molecule has 0 aliphatic rings. The summed E-state index contributed by atoms with van der Waals surface area (Å²) in [6.45, 7) is 1.97. The van der Waals surface area contributed by atoms with Crippen LogP contribution in [0.5, 0.6) is 0 Å². The number of hydrogen-bond acceptors (Lipinski definition) is 2. The average molecular weight is 290 g/mol. The third-order valence-corrected chi connectivity index (χ3v) is 4.05. The third kappa shape index (κ3) is 4.91. The molecule has 0 aliphatic heterocycles. The van der Waals surface area contributed by atoms with Crippen molar-refractivity contribution in [1.29, 1.82) is 0 Å². The molecule has 0 aliphatic carbocycles. The molecule has 2 atom stereocenters. The van der Waals surface area contributed by atoms with Crippen LogP contribution in [0.15, 0.2) is 33.6 Å². The molecule has 0 bridgehead atoms. The molecule has 2 nitrogen and oxygen atoms in total. The molecule has 0 spiro atoms. The Balaban J connectivity index is 2.43. The smallest absolute Gasteiger partial charge is 0.0529 e. The van der Waals surface area contributed by atoms with Crippen molar-refractivity contribution in [3.05, 3.63) is 28.7 Å². The highest BCUT2D eigenvalue weighted by atomic mass is 79.9. The highest BCUT2D eigenvalue weighted by Crippen LogP contribution is 2.14. The van der Waals surface area contributed by atoms with Gasteiger partial charge in [-0.2, -0.15) is 0 Å². The normalized spacial score (nSPS) is 14.9. The fraction of sp³-hybridized carbons (Fsp3) is 0.455. The monoisotopic (exact) mass is 289 g/mol. The van der Waals surface area contributed by atoms with Crippen molar-refractivity contribution < 1.29 is 4.21 Å². The SMILES string of the molecule is CC(N)CCCS(=O)c1ccc(Br)cc1. The lowest BCUT2D eigenvalue weighted by molar-refractivity contribution is 0.644. The predicted molar refractivity (Wildman–Crippen MR) is 68.3 cm³/mol. The van der Waals surface area contributed by atoms with Crippen LogP contribution in [0.3, 0.4) is 0 Å². The largest absolute Gasteiger partial charge is 0.328 e. The van der Waals surface area contributed by atoms with Crippen LogP contribution >= 0.6 is 15.9 Å². The molecule has 1 rings (SSSR count). The molecular formula is C11H16BrNOS. The molecule has 2 unspecified atom stereocenters. The first kappa shape index (κ1) is 12.9. The van der Waals surface area contributed by atoms with E-state index in [-0.39, 0.29) is 6.04 Å². The topological polar surface area (TPSA) is 43.1 Å². The van der Waals surface area contributed by atoms with Crippen LogP contribution in [0.25, 0.3) is 0 Å². The average Bonchev–Trinajstić information content (AvgIpc) is 2.18. The highest BCUT2D eigenvalue weighted by Gasteiger charge is 2.04. The van der Waals surface area contributed by atoms with Crippen molar-refractivity contribution in [3.63, 3.8) is 0 Å². The van der Waals surface area contributed by atoms with E-state index in [4.69, 9.17) is 5.73 Å². The fourth-order valence-corrected chi connectivity index (χ4v) is 2.61. The summed E-state index contributed by atoms with van der Waals surface area (Å²) in [5.41, 5.74) is 5.63. The minimum Gasteiger partial charge on any atom is -0.328 e. The Morgan fingerprint density at radius 3 is 2.53 bits per heavy atom. The summed E-state index contributed by atoms with van der Waals surface area (Å²) < 4.78 is 12.8. The molecule has 0 saturated heterocycles. The van der Waals surface area contributed by atoms with E-state index in [0.29, 0.717) is 5.75 Å². The van der Waals surface area contributed by atoms with E-state index >= 15 is 0 Å². The Labute approximate surface area is 102 Å². The Morgan fingerprint density at radius 2 is 2.00 bits per heavy atom. The minimum atomic E-state index is -0.884. The summed E-state index contributed by atoms with van der Waals surface area (Å²) >= 11 is 3.35. The second-order valence-electron chi connectivity index (χ2n) is 3.62. The maximum atomic E-state index is 11.8. The summed E-state index contributed by atoms with van der Waals surface area (Å²) in [6, 6.07) is 7.82. The molecule has 2 N–H and O–H groups in total. The Bertz CT molecular complexity index is 324. The van der Waals surface area contributed by atoms with E-state index in [2.05, 4.69) is 15.9 Å². The highest BCUT2D eigenvalue weighted by molar-refractivity contribution is 9.10. The summed E-state index contributed by atoms with van der Waals surface area (Å²) in [7, 11) is -0.884. The van der Waals surface area contributed by atoms with Gasteiger partial charge in [0, 0.05) is 21.2 Å². The lowest BCUT2D eigenvalue weighted by Crippen LogP contribution is -2.15. The van der Waals surface area contributed by atoms with E-state index in [0.717, 1.165) is 22.2 Å². The Morgan fingerprint density at radius 1 is 1.40 bits per heavy atom. The molecule has 0 aromatic heterocycles. The predicted octanol–water partition coefficient (Wildman–Crippen LogP) is 2.68. The van der Waals surface area contributed by atoms with Gasteiger partial charge in [0.2, 0.25) is 0 Å². The van der Waals surface area contributed by atoms with Crippen molar-refractivity contribution in [2.45, 2.75) is 30.7 Å². The van der Waals surface area contributed by atoms with Crippen LogP contribution in [0.1, 0.15) is 19.8 Å². The molecular weight excluding hydrogens is 274 g/mol. The number of halogens is 1. The Hall–Kier alpha value is -0.190. The number of benzene rings is 1. The molecule has 0 fully saturated rings. The molecule has 1 aromatic rings. The van der Waals surface area contributed by atoms with Gasteiger partial charge in [-0.05, 0) is 44.0 Å². The first-order valence-electron chi connectivity index (χ1n) is 4.99. The van der Waals surface area contributed by atoms with Crippen LogP contribution in [0.2, 0.25) is 0 Å². The van der Waals surface area contributed by atoms with Gasteiger partial charge >= 0.3 is 0 Å². The van der Waals surface area contributed by atoms with Crippen LogP contribution in [-0.4, -0.2) is 16.0 Å². The second kappa shape index (κ2) is 6.40. The summed E-state index contributed by atoms with van der Waals surface area (Å²) in [5, 5.41) is 0. The number of rotatable bonds is 5. The molecule has 1 aromatic carbocycles. The van der Waals surface area contributed by atoms with Crippen LogP contribution in [0, 0.1) is 0 Å². The molecule has 4 heteroatoms. The van der Waals surface area contributed by atoms with Crippen molar-refractivity contribution in [3.8, 4) is 0 Å². The van der Waals surface area contributed by atoms with Gasteiger partial charge in [0.1, 0.15) is 0 Å². The zero-order valence-corrected chi connectivity index (χ0v) is 11.2. The number of nitrogens with two attached hydrogens (primary N) is 1. The number of hydrogen-bond donors (Lipinski definition) is 1. The first-order valence-corrected chi connectivity index (χ1v) is 7.10. The van der Waals surface area contributed by atoms with Gasteiger partial charge in [0.05, 0.1) is 10.8 Å². The van der Waals surface area contributed by atoms with Crippen LogP contribution in [0.4, 0.5) is 0 Å². The van der Waals surface area contributed by atoms with E-state index in [1.165, 1.54) is 0 Å². The van der Waals surface area contributed by atoms with Crippen molar-refractivity contribution in [2.24, 2.45) is 5.73 Å². The zero-order valence-electron chi connectivity index (χ0n) is 8.78. The molecule has 0 radical (unpaired) electrons. The van der Waals surface area contributed by atoms with Crippen molar-refractivity contribution >= 4 is 26.7 Å². The van der Waals surface area contributed by atoms with E-state index in [9.17, 15) is 4.21 Å². The molecule has 0 heterocycles. The van der Waals surface area contributed by atoms with Crippen molar-refractivity contribution in [1.82, 2.24) is 0 Å². The standard InChI is InChI=1S/C11H16BrNOS/c1-9(13)3-2-8-15(14)11-6-4-10(12)5-7-11/h4-7,9H,2-3,8,13H2,1H3. The molecule has 0 saturated carbocycles. The van der Waals surface area contributed by atoms with Gasteiger partial charge in [0.25, 0.3) is 0 Å².